The van der Waals surface area contributed by atoms with Crippen molar-refractivity contribution in [3.63, 3.8) is 0 Å². The Bertz CT molecular complexity index is 611. The second-order valence-electron chi connectivity index (χ2n) is 7.72. The van der Waals surface area contributed by atoms with E-state index in [0.717, 1.165) is 19.0 Å². The standard InChI is InChI=1S/C24H33NO/c1-4-25(19-21-12-11-13-21)18-20(2)24(26-3,22-14-7-5-8-15-22)23-16-9-6-10-17-23/h5-10,14-17,20-21H,4,11-13,18-19H2,1-3H3. The van der Waals surface area contributed by atoms with E-state index >= 15 is 0 Å². The quantitative estimate of drug-likeness (QED) is 0.605. The fourth-order valence-corrected chi connectivity index (χ4v) is 4.43. The van der Waals surface area contributed by atoms with Crippen LogP contribution in [0.1, 0.15) is 44.2 Å². The first-order valence-electron chi connectivity index (χ1n) is 10.1. The van der Waals surface area contributed by atoms with E-state index in [1.165, 1.54) is 36.9 Å². The Balaban J connectivity index is 1.91. The molecule has 1 aliphatic rings. The van der Waals surface area contributed by atoms with E-state index in [0.29, 0.717) is 5.92 Å². The number of hydrogen-bond donors (Lipinski definition) is 0. The molecule has 1 fully saturated rings. The Hall–Kier alpha value is -1.64. The predicted molar refractivity (Wildman–Crippen MR) is 109 cm³/mol. The molecule has 26 heavy (non-hydrogen) atoms. The van der Waals surface area contributed by atoms with Crippen LogP contribution in [-0.4, -0.2) is 31.6 Å². The summed E-state index contributed by atoms with van der Waals surface area (Å²) in [4.78, 5) is 2.62. The van der Waals surface area contributed by atoms with Gasteiger partial charge in [-0.3, -0.25) is 0 Å². The van der Waals surface area contributed by atoms with Crippen LogP contribution in [0.25, 0.3) is 0 Å². The van der Waals surface area contributed by atoms with E-state index in [2.05, 4.69) is 79.4 Å². The summed E-state index contributed by atoms with van der Waals surface area (Å²) in [6, 6.07) is 21.4. The summed E-state index contributed by atoms with van der Waals surface area (Å²) >= 11 is 0. The van der Waals surface area contributed by atoms with Crippen LogP contribution in [0.3, 0.4) is 0 Å². The average Bonchev–Trinajstić information content (AvgIpc) is 2.66. The maximum atomic E-state index is 6.34. The van der Waals surface area contributed by atoms with Crippen LogP contribution < -0.4 is 0 Å². The summed E-state index contributed by atoms with van der Waals surface area (Å²) in [5.74, 6) is 1.24. The lowest BCUT2D eigenvalue weighted by Crippen LogP contribution is -2.45. The molecule has 0 bridgehead atoms. The van der Waals surface area contributed by atoms with Gasteiger partial charge in [-0.2, -0.15) is 0 Å². The Morgan fingerprint density at radius 1 is 1.00 bits per heavy atom. The lowest BCUT2D eigenvalue weighted by atomic mass is 9.76. The first-order chi connectivity index (χ1) is 12.7. The van der Waals surface area contributed by atoms with Crippen LogP contribution in [0.2, 0.25) is 0 Å². The zero-order valence-corrected chi connectivity index (χ0v) is 16.5. The average molecular weight is 352 g/mol. The van der Waals surface area contributed by atoms with E-state index in [1.807, 2.05) is 7.11 Å². The molecule has 2 aromatic carbocycles. The molecule has 2 aromatic rings. The molecule has 1 atom stereocenters. The van der Waals surface area contributed by atoms with Crippen molar-refractivity contribution in [3.8, 4) is 0 Å². The number of nitrogens with zero attached hydrogens (tertiary/aromatic N) is 1. The molecule has 140 valence electrons. The van der Waals surface area contributed by atoms with E-state index in [1.54, 1.807) is 0 Å². The second kappa shape index (κ2) is 8.83. The van der Waals surface area contributed by atoms with Crippen LogP contribution >= 0.6 is 0 Å². The topological polar surface area (TPSA) is 12.5 Å². The minimum absolute atomic E-state index is 0.345. The highest BCUT2D eigenvalue weighted by Gasteiger charge is 2.40. The molecule has 0 aromatic heterocycles. The van der Waals surface area contributed by atoms with Crippen LogP contribution in [0.4, 0.5) is 0 Å². The van der Waals surface area contributed by atoms with Gasteiger partial charge in [0, 0.05) is 26.1 Å². The molecule has 1 aliphatic carbocycles. The van der Waals surface area contributed by atoms with E-state index < -0.39 is 5.60 Å². The van der Waals surface area contributed by atoms with Crippen molar-refractivity contribution in [3.05, 3.63) is 71.8 Å². The van der Waals surface area contributed by atoms with Crippen LogP contribution in [0, 0.1) is 11.8 Å². The third-order valence-corrected chi connectivity index (χ3v) is 6.14. The van der Waals surface area contributed by atoms with Crippen molar-refractivity contribution in [2.45, 2.75) is 38.7 Å². The highest BCUT2D eigenvalue weighted by molar-refractivity contribution is 5.37. The van der Waals surface area contributed by atoms with Crippen LogP contribution in [0.5, 0.6) is 0 Å². The Morgan fingerprint density at radius 2 is 1.54 bits per heavy atom. The number of hydrogen-bond acceptors (Lipinski definition) is 2. The molecule has 0 spiro atoms. The number of benzene rings is 2. The first kappa shape index (κ1) is 19.1. The van der Waals surface area contributed by atoms with Crippen molar-refractivity contribution in [1.29, 1.82) is 0 Å². The first-order valence-corrected chi connectivity index (χ1v) is 10.1. The van der Waals surface area contributed by atoms with Gasteiger partial charge in [0.1, 0.15) is 5.60 Å². The zero-order chi connectivity index (χ0) is 18.4. The van der Waals surface area contributed by atoms with E-state index in [4.69, 9.17) is 4.74 Å². The van der Waals surface area contributed by atoms with Crippen molar-refractivity contribution < 1.29 is 4.74 Å². The monoisotopic (exact) mass is 351 g/mol. The summed E-state index contributed by atoms with van der Waals surface area (Å²) < 4.78 is 6.34. The van der Waals surface area contributed by atoms with Crippen molar-refractivity contribution >= 4 is 0 Å². The van der Waals surface area contributed by atoms with Gasteiger partial charge in [0.15, 0.2) is 0 Å². The minimum Gasteiger partial charge on any atom is -0.368 e. The van der Waals surface area contributed by atoms with Crippen molar-refractivity contribution in [2.75, 3.05) is 26.7 Å². The molecule has 2 nitrogen and oxygen atoms in total. The Labute approximate surface area is 159 Å². The summed E-state index contributed by atoms with van der Waals surface area (Å²) in [5.41, 5.74) is 2.05. The molecular formula is C24H33NO. The molecule has 2 heteroatoms. The van der Waals surface area contributed by atoms with Crippen LogP contribution in [0.15, 0.2) is 60.7 Å². The maximum Gasteiger partial charge on any atom is 0.121 e. The summed E-state index contributed by atoms with van der Waals surface area (Å²) in [5, 5.41) is 0. The van der Waals surface area contributed by atoms with Gasteiger partial charge in [-0.15, -0.1) is 0 Å². The van der Waals surface area contributed by atoms with Gasteiger partial charge in [-0.05, 0) is 36.4 Å². The summed E-state index contributed by atoms with van der Waals surface area (Å²) in [6.07, 6.45) is 4.21. The minimum atomic E-state index is -0.421. The third kappa shape index (κ3) is 3.87. The van der Waals surface area contributed by atoms with Gasteiger partial charge < -0.3 is 9.64 Å². The number of ether oxygens (including phenoxy) is 1. The predicted octanol–water partition coefficient (Wildman–Crippen LogP) is 5.33. The Morgan fingerprint density at radius 3 is 1.92 bits per heavy atom. The normalized spacial score (nSPS) is 16.5. The lowest BCUT2D eigenvalue weighted by molar-refractivity contribution is -0.0360. The summed E-state index contributed by atoms with van der Waals surface area (Å²) in [6.45, 7) is 8.00. The molecule has 1 saturated carbocycles. The molecule has 0 N–H and O–H groups in total. The Kier molecular flexibility index (Phi) is 6.50. The van der Waals surface area contributed by atoms with Gasteiger partial charge in [0.25, 0.3) is 0 Å². The SMILES string of the molecule is CCN(CC1CCC1)CC(C)C(OC)(c1ccccc1)c1ccccc1. The third-order valence-electron chi connectivity index (χ3n) is 6.14. The van der Waals surface area contributed by atoms with E-state index in [9.17, 15) is 0 Å². The maximum absolute atomic E-state index is 6.34. The summed E-state index contributed by atoms with van der Waals surface area (Å²) in [7, 11) is 1.86. The molecule has 0 aliphatic heterocycles. The molecule has 1 unspecified atom stereocenters. The van der Waals surface area contributed by atoms with Crippen LogP contribution in [-0.2, 0) is 10.3 Å². The zero-order valence-electron chi connectivity index (χ0n) is 16.5. The molecule has 0 radical (unpaired) electrons. The highest BCUT2D eigenvalue weighted by atomic mass is 16.5. The van der Waals surface area contributed by atoms with Crippen molar-refractivity contribution in [2.24, 2.45) is 11.8 Å². The highest BCUT2D eigenvalue weighted by Crippen LogP contribution is 2.40. The van der Waals surface area contributed by atoms with Gasteiger partial charge in [-0.25, -0.2) is 0 Å². The molecule has 3 rings (SSSR count). The van der Waals surface area contributed by atoms with Gasteiger partial charge in [0.05, 0.1) is 0 Å². The lowest BCUT2D eigenvalue weighted by Gasteiger charge is -2.42. The fourth-order valence-electron chi connectivity index (χ4n) is 4.43. The fraction of sp³-hybridized carbons (Fsp3) is 0.500. The molecule has 0 amide bonds. The molecular weight excluding hydrogens is 318 g/mol. The smallest absolute Gasteiger partial charge is 0.121 e. The van der Waals surface area contributed by atoms with Gasteiger partial charge in [0.2, 0.25) is 0 Å². The number of methoxy groups -OCH3 is 1. The van der Waals surface area contributed by atoms with Crippen molar-refractivity contribution in [1.82, 2.24) is 4.90 Å². The van der Waals surface area contributed by atoms with Gasteiger partial charge >= 0.3 is 0 Å². The number of rotatable bonds is 9. The molecule has 0 saturated heterocycles. The molecule has 0 heterocycles. The van der Waals surface area contributed by atoms with E-state index in [-0.39, 0.29) is 0 Å². The second-order valence-corrected chi connectivity index (χ2v) is 7.72. The van der Waals surface area contributed by atoms with Gasteiger partial charge in [-0.1, -0.05) is 80.9 Å². The largest absolute Gasteiger partial charge is 0.368 e.